The van der Waals surface area contributed by atoms with Gasteiger partial charge >= 0.3 is 0 Å². The van der Waals surface area contributed by atoms with Crippen LogP contribution >= 0.6 is 0 Å². The fourth-order valence-electron chi connectivity index (χ4n) is 13.2. The molecule has 0 saturated heterocycles. The maximum Gasteiger partial charge on any atom is 0.0318 e. The average Bonchev–Trinajstić information content (AvgIpc) is 3.71. The Morgan fingerprint density at radius 1 is 0.323 bits per heavy atom. The van der Waals surface area contributed by atoms with Crippen LogP contribution in [0.15, 0.2) is 170 Å². The van der Waals surface area contributed by atoms with Crippen LogP contribution in [0.2, 0.25) is 0 Å². The minimum absolute atomic E-state index is 0.0755. The van der Waals surface area contributed by atoms with Crippen LogP contribution in [-0.2, 0) is 10.8 Å². The molecule has 0 saturated carbocycles. The summed E-state index contributed by atoms with van der Waals surface area (Å²) < 4.78 is 0. The molecule has 0 fully saturated rings. The van der Waals surface area contributed by atoms with Crippen molar-refractivity contribution in [2.24, 2.45) is 10.8 Å². The summed E-state index contributed by atoms with van der Waals surface area (Å²) in [4.78, 5) is 0. The van der Waals surface area contributed by atoms with Gasteiger partial charge in [-0.1, -0.05) is 201 Å². The van der Waals surface area contributed by atoms with Crippen molar-refractivity contribution in [3.63, 3.8) is 0 Å². The minimum atomic E-state index is -0.272. The molecule has 0 aromatic heterocycles. The van der Waals surface area contributed by atoms with Crippen molar-refractivity contribution >= 4 is 53.9 Å². The zero-order valence-electron chi connectivity index (χ0n) is 37.2. The van der Waals surface area contributed by atoms with E-state index in [1.807, 2.05) is 0 Å². The van der Waals surface area contributed by atoms with Gasteiger partial charge in [0.25, 0.3) is 0 Å². The van der Waals surface area contributed by atoms with E-state index in [1.165, 1.54) is 121 Å². The Morgan fingerprint density at radius 2 is 0.790 bits per heavy atom. The maximum absolute atomic E-state index is 2.54. The van der Waals surface area contributed by atoms with Gasteiger partial charge in [0.15, 0.2) is 0 Å². The zero-order valence-corrected chi connectivity index (χ0v) is 37.2. The summed E-state index contributed by atoms with van der Waals surface area (Å²) in [6.45, 7) is 19.6. The smallest absolute Gasteiger partial charge is 0.0318 e. The molecule has 12 rings (SSSR count). The fourth-order valence-corrected chi connectivity index (χ4v) is 13.2. The highest BCUT2D eigenvalue weighted by Gasteiger charge is 2.58. The number of benzene rings is 10. The van der Waals surface area contributed by atoms with E-state index in [4.69, 9.17) is 0 Å². The monoisotopic (exact) mass is 796 g/mol. The summed E-state index contributed by atoms with van der Waals surface area (Å²) >= 11 is 0. The Kier molecular flexibility index (Phi) is 7.54. The van der Waals surface area contributed by atoms with Crippen LogP contribution < -0.4 is 0 Å². The van der Waals surface area contributed by atoms with Crippen LogP contribution in [0.1, 0.15) is 77.6 Å². The molecule has 0 radical (unpaired) electrons. The van der Waals surface area contributed by atoms with Gasteiger partial charge in [0.2, 0.25) is 0 Å². The third-order valence-corrected chi connectivity index (χ3v) is 15.3. The second-order valence-electron chi connectivity index (χ2n) is 20.8. The molecule has 10 aromatic carbocycles. The quantitative estimate of drug-likeness (QED) is 0.121. The van der Waals surface area contributed by atoms with Crippen LogP contribution in [0.4, 0.5) is 0 Å². The first kappa shape index (κ1) is 37.3. The van der Waals surface area contributed by atoms with E-state index in [1.54, 1.807) is 0 Å². The van der Waals surface area contributed by atoms with Gasteiger partial charge in [-0.2, -0.15) is 0 Å². The Balaban J connectivity index is 1.16. The standard InChI is InChI=1S/C62H52/c1-59(2,3)62(60(4,5)6)54-35-38-20-10-9-19-37(38)33-51(54)57-44-23-12-11-21-41(44)50-34-39(30-32-49(50)58(57)62)55-45-24-13-15-26-47(45)56(48-27-16-14-25-46(48)55)40-29-31-43-42-22-17-18-28-52(42)61(7,8)53(43)36-40/h9-36H,1-8H3. The van der Waals surface area contributed by atoms with Gasteiger partial charge in [-0.3, -0.25) is 0 Å². The van der Waals surface area contributed by atoms with Crippen LogP contribution in [0.25, 0.3) is 98.4 Å². The molecule has 2 aliphatic rings. The Hall–Kier alpha value is -6.50. The van der Waals surface area contributed by atoms with Gasteiger partial charge in [0.05, 0.1) is 0 Å². The number of hydrogen-bond donors (Lipinski definition) is 0. The van der Waals surface area contributed by atoms with E-state index in [0.717, 1.165) is 0 Å². The zero-order chi connectivity index (χ0) is 42.5. The molecule has 0 aliphatic heterocycles. The lowest BCUT2D eigenvalue weighted by atomic mass is 9.49. The Morgan fingerprint density at radius 3 is 1.39 bits per heavy atom. The second kappa shape index (κ2) is 12.5. The average molecular weight is 797 g/mol. The van der Waals surface area contributed by atoms with Gasteiger partial charge < -0.3 is 0 Å². The summed E-state index contributed by atoms with van der Waals surface area (Å²) in [6.07, 6.45) is 0. The molecule has 0 nitrogen and oxygen atoms in total. The molecule has 0 heteroatoms. The molecule has 300 valence electrons. The van der Waals surface area contributed by atoms with Crippen molar-refractivity contribution in [1.29, 1.82) is 0 Å². The third-order valence-electron chi connectivity index (χ3n) is 15.3. The first-order valence-electron chi connectivity index (χ1n) is 22.5. The molecule has 0 heterocycles. The van der Waals surface area contributed by atoms with Gasteiger partial charge in [0, 0.05) is 10.8 Å². The van der Waals surface area contributed by atoms with E-state index >= 15 is 0 Å². The molecular formula is C62H52. The van der Waals surface area contributed by atoms with Gasteiger partial charge in [-0.15, -0.1) is 0 Å². The molecule has 0 bridgehead atoms. The van der Waals surface area contributed by atoms with Crippen LogP contribution in [0.5, 0.6) is 0 Å². The lowest BCUT2D eigenvalue weighted by Gasteiger charge is -2.53. The molecule has 2 aliphatic carbocycles. The number of fused-ring (bicyclic) bond motifs is 14. The molecular weight excluding hydrogens is 745 g/mol. The van der Waals surface area contributed by atoms with E-state index in [0.29, 0.717) is 0 Å². The maximum atomic E-state index is 2.54. The van der Waals surface area contributed by atoms with E-state index in [2.05, 4.69) is 225 Å². The summed E-state index contributed by atoms with van der Waals surface area (Å²) in [7, 11) is 0. The van der Waals surface area contributed by atoms with Crippen molar-refractivity contribution in [3.05, 3.63) is 192 Å². The summed E-state index contributed by atoms with van der Waals surface area (Å²) in [5.41, 5.74) is 15.9. The highest BCUT2D eigenvalue weighted by molar-refractivity contribution is 6.24. The molecule has 0 amide bonds. The Labute approximate surface area is 365 Å². The van der Waals surface area contributed by atoms with Crippen molar-refractivity contribution < 1.29 is 0 Å². The van der Waals surface area contributed by atoms with E-state index in [9.17, 15) is 0 Å². The predicted molar refractivity (Wildman–Crippen MR) is 268 cm³/mol. The molecule has 0 unspecified atom stereocenters. The third kappa shape index (κ3) is 4.73. The van der Waals surface area contributed by atoms with Crippen LogP contribution in [-0.4, -0.2) is 0 Å². The van der Waals surface area contributed by atoms with Gasteiger partial charge in [-0.05, 0) is 156 Å². The predicted octanol–water partition coefficient (Wildman–Crippen LogP) is 17.5. The van der Waals surface area contributed by atoms with Crippen molar-refractivity contribution in [3.8, 4) is 44.5 Å². The summed E-state index contributed by atoms with van der Waals surface area (Å²) in [6, 6.07) is 65.1. The van der Waals surface area contributed by atoms with Crippen molar-refractivity contribution in [2.75, 3.05) is 0 Å². The molecule has 0 atom stereocenters. The van der Waals surface area contributed by atoms with Gasteiger partial charge in [-0.25, -0.2) is 0 Å². The second-order valence-corrected chi connectivity index (χ2v) is 20.8. The van der Waals surface area contributed by atoms with Crippen molar-refractivity contribution in [2.45, 2.75) is 66.2 Å². The molecule has 62 heavy (non-hydrogen) atoms. The Bertz CT molecular complexity index is 3490. The largest absolute Gasteiger partial charge is 0.0619 e. The van der Waals surface area contributed by atoms with Crippen LogP contribution in [0.3, 0.4) is 0 Å². The SMILES string of the molecule is CC1(C)c2ccccc2-c2ccc(-c3c4ccccc4c(-c4ccc5c6c(c7ccccc7c5c4)-c4cc5ccccc5cc4C6(C(C)(C)C)C(C)(C)C)c4ccccc34)cc21. The minimum Gasteiger partial charge on any atom is -0.0619 e. The van der Waals surface area contributed by atoms with E-state index in [-0.39, 0.29) is 21.7 Å². The normalized spacial score (nSPS) is 15.0. The van der Waals surface area contributed by atoms with Crippen molar-refractivity contribution in [1.82, 2.24) is 0 Å². The summed E-state index contributed by atoms with van der Waals surface area (Å²) in [5.74, 6) is 0. The highest BCUT2D eigenvalue weighted by atomic mass is 14.6. The molecule has 0 spiro atoms. The highest BCUT2D eigenvalue weighted by Crippen LogP contribution is 2.68. The van der Waals surface area contributed by atoms with E-state index < -0.39 is 0 Å². The van der Waals surface area contributed by atoms with Gasteiger partial charge in [0.1, 0.15) is 0 Å². The lowest BCUT2D eigenvalue weighted by molar-refractivity contribution is 0.0965. The molecule has 10 aromatic rings. The fraction of sp³-hybridized carbons (Fsp3) is 0.194. The molecule has 0 N–H and O–H groups in total. The van der Waals surface area contributed by atoms with Crippen LogP contribution in [0, 0.1) is 10.8 Å². The topological polar surface area (TPSA) is 0 Å². The first-order chi connectivity index (χ1) is 29.8. The number of rotatable bonds is 2. The number of hydrogen-bond acceptors (Lipinski definition) is 0. The lowest BCUT2D eigenvalue weighted by Crippen LogP contribution is -2.50. The first-order valence-corrected chi connectivity index (χ1v) is 22.5. The summed E-state index contributed by atoms with van der Waals surface area (Å²) in [5, 5.41) is 13.1.